The standard InChI is InChI=1S/C23H27N5O3S2/c1-6-27-20-12-11-16(33(30,31)26(4)5)13-19(20)24-21(27)14-32-23-25-18-10-8-7-9-17(18)22(29)28(23)15(2)3/h7-13,15H,6,14H2,1-5H3. The van der Waals surface area contributed by atoms with Crippen LogP contribution in [0, 0.1) is 0 Å². The van der Waals surface area contributed by atoms with Crippen molar-refractivity contribution in [1.82, 2.24) is 23.4 Å². The maximum atomic E-state index is 13.1. The Labute approximate surface area is 197 Å². The number of aromatic nitrogens is 4. The van der Waals surface area contributed by atoms with Gasteiger partial charge >= 0.3 is 0 Å². The Morgan fingerprint density at radius 3 is 2.45 bits per heavy atom. The van der Waals surface area contributed by atoms with E-state index in [4.69, 9.17) is 9.97 Å². The Hall–Kier alpha value is -2.69. The number of sulfonamides is 1. The fourth-order valence-electron chi connectivity index (χ4n) is 3.81. The van der Waals surface area contributed by atoms with Crippen LogP contribution >= 0.6 is 11.8 Å². The molecule has 0 bridgehead atoms. The van der Waals surface area contributed by atoms with E-state index in [1.54, 1.807) is 28.8 Å². The second kappa shape index (κ2) is 8.92. The van der Waals surface area contributed by atoms with Crippen molar-refractivity contribution < 1.29 is 8.42 Å². The maximum Gasteiger partial charge on any atom is 0.262 e. The minimum Gasteiger partial charge on any atom is -0.328 e. The van der Waals surface area contributed by atoms with Crippen LogP contribution in [0.3, 0.4) is 0 Å². The van der Waals surface area contributed by atoms with Crippen LogP contribution in [0.4, 0.5) is 0 Å². The average Bonchev–Trinajstić information content (AvgIpc) is 3.14. The molecule has 0 aliphatic rings. The van der Waals surface area contributed by atoms with Gasteiger partial charge in [0.05, 0.1) is 32.6 Å². The molecule has 0 aliphatic carbocycles. The molecule has 10 heteroatoms. The number of hydrogen-bond donors (Lipinski definition) is 0. The summed E-state index contributed by atoms with van der Waals surface area (Å²) in [4.78, 5) is 22.8. The third-order valence-electron chi connectivity index (χ3n) is 5.52. The van der Waals surface area contributed by atoms with Crippen LogP contribution < -0.4 is 5.56 Å². The van der Waals surface area contributed by atoms with Crippen LogP contribution in [-0.4, -0.2) is 45.9 Å². The van der Waals surface area contributed by atoms with Crippen LogP contribution in [-0.2, 0) is 22.3 Å². The summed E-state index contributed by atoms with van der Waals surface area (Å²) in [6, 6.07) is 12.4. The molecule has 0 aliphatic heterocycles. The highest BCUT2D eigenvalue weighted by Gasteiger charge is 2.20. The summed E-state index contributed by atoms with van der Waals surface area (Å²) in [7, 11) is -0.522. The number of para-hydroxylation sites is 1. The highest BCUT2D eigenvalue weighted by molar-refractivity contribution is 7.98. The molecule has 2 heterocycles. The van der Waals surface area contributed by atoms with Gasteiger partial charge in [0.15, 0.2) is 5.16 Å². The number of fused-ring (bicyclic) bond motifs is 2. The highest BCUT2D eigenvalue weighted by atomic mass is 32.2. The van der Waals surface area contributed by atoms with Gasteiger partial charge in [0.2, 0.25) is 10.0 Å². The molecule has 0 saturated heterocycles. The van der Waals surface area contributed by atoms with Crippen LogP contribution in [0.15, 0.2) is 57.3 Å². The molecule has 0 saturated carbocycles. The summed E-state index contributed by atoms with van der Waals surface area (Å²) in [5, 5.41) is 1.24. The minimum atomic E-state index is -3.54. The summed E-state index contributed by atoms with van der Waals surface area (Å²) in [5.74, 6) is 1.30. The van der Waals surface area contributed by atoms with Crippen molar-refractivity contribution in [2.45, 2.75) is 49.2 Å². The first-order valence-corrected chi connectivity index (χ1v) is 13.1. The van der Waals surface area contributed by atoms with Gasteiger partial charge < -0.3 is 4.57 Å². The summed E-state index contributed by atoms with van der Waals surface area (Å²) in [6.45, 7) is 6.65. The zero-order valence-corrected chi connectivity index (χ0v) is 20.9. The molecule has 0 atom stereocenters. The number of aryl methyl sites for hydroxylation is 1. The molecule has 2 aromatic heterocycles. The summed E-state index contributed by atoms with van der Waals surface area (Å²) >= 11 is 1.46. The van der Waals surface area contributed by atoms with Gasteiger partial charge in [-0.2, -0.15) is 0 Å². The van der Waals surface area contributed by atoms with E-state index in [-0.39, 0.29) is 16.5 Å². The molecule has 2 aromatic carbocycles. The fraction of sp³-hybridized carbons (Fsp3) is 0.348. The number of hydrogen-bond acceptors (Lipinski definition) is 6. The molecule has 0 radical (unpaired) electrons. The van der Waals surface area contributed by atoms with Crippen molar-refractivity contribution in [3.63, 3.8) is 0 Å². The molecule has 0 unspecified atom stereocenters. The normalized spacial score (nSPS) is 12.5. The molecule has 4 rings (SSSR count). The lowest BCUT2D eigenvalue weighted by Gasteiger charge is -2.16. The van der Waals surface area contributed by atoms with Gasteiger partial charge in [-0.1, -0.05) is 23.9 Å². The Morgan fingerprint density at radius 2 is 1.79 bits per heavy atom. The van der Waals surface area contributed by atoms with Crippen molar-refractivity contribution >= 4 is 43.7 Å². The molecular formula is C23H27N5O3S2. The van der Waals surface area contributed by atoms with Crippen LogP contribution in [0.1, 0.15) is 32.6 Å². The average molecular weight is 486 g/mol. The number of benzene rings is 2. The van der Waals surface area contributed by atoms with Gasteiger partial charge in [-0.05, 0) is 51.1 Å². The fourth-order valence-corrected chi connectivity index (χ4v) is 5.80. The molecule has 0 amide bonds. The molecule has 4 aromatic rings. The smallest absolute Gasteiger partial charge is 0.262 e. The lowest BCUT2D eigenvalue weighted by molar-refractivity contribution is 0.518. The Kier molecular flexibility index (Phi) is 6.35. The number of nitrogens with zero attached hydrogens (tertiary/aromatic N) is 5. The van der Waals surface area contributed by atoms with Crippen molar-refractivity contribution in [1.29, 1.82) is 0 Å². The lowest BCUT2D eigenvalue weighted by atomic mass is 10.2. The van der Waals surface area contributed by atoms with Crippen molar-refractivity contribution in [3.05, 3.63) is 58.6 Å². The van der Waals surface area contributed by atoms with Crippen LogP contribution in [0.5, 0.6) is 0 Å². The second-order valence-corrected chi connectivity index (χ2v) is 11.3. The van der Waals surface area contributed by atoms with Gasteiger partial charge in [0.1, 0.15) is 5.82 Å². The van der Waals surface area contributed by atoms with Crippen molar-refractivity contribution in [3.8, 4) is 0 Å². The third-order valence-corrected chi connectivity index (χ3v) is 8.28. The maximum absolute atomic E-state index is 13.1. The van der Waals surface area contributed by atoms with E-state index < -0.39 is 10.0 Å². The largest absolute Gasteiger partial charge is 0.328 e. The highest BCUT2D eigenvalue weighted by Crippen LogP contribution is 2.27. The topological polar surface area (TPSA) is 90.1 Å². The van der Waals surface area contributed by atoms with Gasteiger partial charge in [-0.3, -0.25) is 9.36 Å². The minimum absolute atomic E-state index is 0.0408. The summed E-state index contributed by atoms with van der Waals surface area (Å²) in [5.41, 5.74) is 2.12. The molecular weight excluding hydrogens is 458 g/mol. The zero-order valence-electron chi connectivity index (χ0n) is 19.3. The first kappa shape index (κ1) is 23.5. The predicted molar refractivity (Wildman–Crippen MR) is 132 cm³/mol. The Balaban J connectivity index is 1.75. The van der Waals surface area contributed by atoms with E-state index in [2.05, 4.69) is 4.57 Å². The zero-order chi connectivity index (χ0) is 23.9. The van der Waals surface area contributed by atoms with Gasteiger partial charge in [-0.25, -0.2) is 22.7 Å². The summed E-state index contributed by atoms with van der Waals surface area (Å²) < 4.78 is 30.0. The monoisotopic (exact) mass is 485 g/mol. The summed E-state index contributed by atoms with van der Waals surface area (Å²) in [6.07, 6.45) is 0. The van der Waals surface area contributed by atoms with Crippen molar-refractivity contribution in [2.24, 2.45) is 0 Å². The van der Waals surface area contributed by atoms with E-state index in [1.165, 1.54) is 30.2 Å². The van der Waals surface area contributed by atoms with Crippen LogP contribution in [0.25, 0.3) is 21.9 Å². The first-order chi connectivity index (χ1) is 15.6. The molecule has 8 nitrogen and oxygen atoms in total. The lowest BCUT2D eigenvalue weighted by Crippen LogP contribution is -2.25. The first-order valence-electron chi connectivity index (χ1n) is 10.7. The van der Waals surface area contributed by atoms with Gasteiger partial charge in [0, 0.05) is 26.7 Å². The van der Waals surface area contributed by atoms with E-state index >= 15 is 0 Å². The molecule has 0 N–H and O–H groups in total. The quantitative estimate of drug-likeness (QED) is 0.291. The second-order valence-electron chi connectivity index (χ2n) is 8.18. The molecule has 0 spiro atoms. The SMILES string of the molecule is CCn1c(CSc2nc3ccccc3c(=O)n2C(C)C)nc2cc(S(=O)(=O)N(C)C)ccc21. The molecule has 0 fully saturated rings. The Bertz CT molecular complexity index is 1500. The molecule has 33 heavy (non-hydrogen) atoms. The predicted octanol–water partition coefficient (Wildman–Crippen LogP) is 3.89. The van der Waals surface area contributed by atoms with Crippen LogP contribution in [0.2, 0.25) is 0 Å². The van der Waals surface area contributed by atoms with Crippen molar-refractivity contribution in [2.75, 3.05) is 14.1 Å². The van der Waals surface area contributed by atoms with E-state index in [0.717, 1.165) is 11.3 Å². The number of thioether (sulfide) groups is 1. The van der Waals surface area contributed by atoms with Gasteiger partial charge in [0.25, 0.3) is 5.56 Å². The van der Waals surface area contributed by atoms with E-state index in [0.29, 0.717) is 33.9 Å². The van der Waals surface area contributed by atoms with E-state index in [1.807, 2.05) is 39.0 Å². The number of imidazole rings is 1. The molecule has 174 valence electrons. The van der Waals surface area contributed by atoms with Gasteiger partial charge in [-0.15, -0.1) is 0 Å². The number of rotatable bonds is 7. The third kappa shape index (κ3) is 4.18. The Morgan fingerprint density at radius 1 is 1.06 bits per heavy atom. The van der Waals surface area contributed by atoms with E-state index in [9.17, 15) is 13.2 Å².